The van der Waals surface area contributed by atoms with Gasteiger partial charge in [-0.3, -0.25) is 14.6 Å². The number of aromatic nitrogens is 2. The predicted molar refractivity (Wildman–Crippen MR) is 137 cm³/mol. The fraction of sp³-hybridized carbons (Fsp3) is 0.214. The van der Waals surface area contributed by atoms with Crippen LogP contribution in [-0.2, 0) is 15.8 Å². The van der Waals surface area contributed by atoms with E-state index in [-0.39, 0.29) is 40.5 Å². The molecular formula is C28H22F4N4O5. The molecule has 5 rings (SSSR count). The molecule has 0 saturated heterocycles. The van der Waals surface area contributed by atoms with Crippen LogP contribution in [0.15, 0.2) is 60.9 Å². The molecule has 2 atom stereocenters. The number of phenolic OH excluding ortho intramolecular Hbond substituents is 1. The summed E-state index contributed by atoms with van der Waals surface area (Å²) in [6, 6.07) is 9.39. The number of pyridine rings is 2. The van der Waals surface area contributed by atoms with Gasteiger partial charge in [0.05, 0.1) is 12.2 Å². The van der Waals surface area contributed by atoms with Gasteiger partial charge in [-0.05, 0) is 60.8 Å². The molecule has 13 heteroatoms. The van der Waals surface area contributed by atoms with Crippen LogP contribution >= 0.6 is 0 Å². The lowest BCUT2D eigenvalue weighted by Gasteiger charge is -2.31. The minimum atomic E-state index is -5.37. The summed E-state index contributed by atoms with van der Waals surface area (Å²) in [7, 11) is 0. The Morgan fingerprint density at radius 2 is 1.85 bits per heavy atom. The summed E-state index contributed by atoms with van der Waals surface area (Å²) in [5.41, 5.74) is -0.993. The molecule has 0 fully saturated rings. The summed E-state index contributed by atoms with van der Waals surface area (Å²) in [5.74, 6) is -2.89. The molecular weight excluding hydrogens is 548 g/mol. The number of aromatic hydroxyl groups is 1. The zero-order valence-electron chi connectivity index (χ0n) is 21.3. The fourth-order valence-electron chi connectivity index (χ4n) is 4.56. The Kier molecular flexibility index (Phi) is 6.57. The molecule has 2 amide bonds. The SMILES string of the molecule is C[C@]1(C(N)=O)COc2c1cc([C@@](O)(CNC(=O)c1cc(O)c3cnccc3c1)C(F)(F)F)nc2-c1ccc(F)cc1. The van der Waals surface area contributed by atoms with Crippen molar-refractivity contribution in [1.82, 2.24) is 15.3 Å². The van der Waals surface area contributed by atoms with Crippen LogP contribution in [0.5, 0.6) is 11.5 Å². The molecule has 0 saturated carbocycles. The number of aliphatic hydroxyl groups is 1. The smallest absolute Gasteiger partial charge is 0.424 e. The number of phenols is 1. The van der Waals surface area contributed by atoms with Crippen LogP contribution in [0.25, 0.3) is 22.0 Å². The van der Waals surface area contributed by atoms with Gasteiger partial charge >= 0.3 is 6.18 Å². The molecule has 0 spiro atoms. The van der Waals surface area contributed by atoms with Gasteiger partial charge in [0.25, 0.3) is 5.91 Å². The number of hydrogen-bond acceptors (Lipinski definition) is 7. The Hall–Kier alpha value is -4.78. The van der Waals surface area contributed by atoms with Crippen LogP contribution in [0.1, 0.15) is 28.5 Å². The van der Waals surface area contributed by atoms with E-state index in [1.807, 2.05) is 0 Å². The highest BCUT2D eigenvalue weighted by Gasteiger charge is 2.57. The van der Waals surface area contributed by atoms with Crippen LogP contribution in [-0.4, -0.2) is 51.3 Å². The lowest BCUT2D eigenvalue weighted by atomic mass is 9.81. The lowest BCUT2D eigenvalue weighted by molar-refractivity contribution is -0.265. The van der Waals surface area contributed by atoms with Crippen LogP contribution in [0, 0.1) is 5.82 Å². The first kappa shape index (κ1) is 27.8. The van der Waals surface area contributed by atoms with Gasteiger partial charge in [-0.15, -0.1) is 0 Å². The second-order valence-electron chi connectivity index (χ2n) is 9.86. The number of nitrogens with one attached hydrogen (secondary N) is 1. The largest absolute Gasteiger partial charge is 0.507 e. The molecule has 9 nitrogen and oxygen atoms in total. The Morgan fingerprint density at radius 1 is 1.15 bits per heavy atom. The Labute approximate surface area is 229 Å². The molecule has 4 aromatic rings. The number of halogens is 4. The number of carbonyl (C=O) groups excluding carboxylic acids is 2. The second kappa shape index (κ2) is 9.70. The third-order valence-corrected chi connectivity index (χ3v) is 7.13. The first-order valence-corrected chi connectivity index (χ1v) is 12.1. The normalized spacial score (nSPS) is 17.9. The summed E-state index contributed by atoms with van der Waals surface area (Å²) in [4.78, 5) is 33.1. The molecule has 5 N–H and O–H groups in total. The van der Waals surface area contributed by atoms with Crippen molar-refractivity contribution in [1.29, 1.82) is 0 Å². The molecule has 3 heterocycles. The van der Waals surface area contributed by atoms with Gasteiger partial charge in [0, 0.05) is 34.5 Å². The topological polar surface area (TPSA) is 148 Å². The molecule has 0 unspecified atom stereocenters. The van der Waals surface area contributed by atoms with Crippen molar-refractivity contribution in [2.24, 2.45) is 5.73 Å². The van der Waals surface area contributed by atoms with E-state index in [1.54, 1.807) is 0 Å². The third-order valence-electron chi connectivity index (χ3n) is 7.13. The number of amides is 2. The molecule has 2 aromatic carbocycles. The summed E-state index contributed by atoms with van der Waals surface area (Å²) in [6.07, 6.45) is -2.61. The van der Waals surface area contributed by atoms with E-state index < -0.39 is 47.1 Å². The maximum absolute atomic E-state index is 14.5. The van der Waals surface area contributed by atoms with E-state index >= 15 is 0 Å². The number of hydrogen-bond donors (Lipinski definition) is 4. The van der Waals surface area contributed by atoms with Gasteiger partial charge in [-0.1, -0.05) is 0 Å². The van der Waals surface area contributed by atoms with E-state index in [0.717, 1.165) is 24.3 Å². The zero-order chi connectivity index (χ0) is 29.7. The molecule has 1 aliphatic rings. The highest BCUT2D eigenvalue weighted by atomic mass is 19.4. The molecule has 0 aliphatic carbocycles. The standard InChI is InChI=1S/C28H22F4N4O5/c1-26(25(33)39)13-41-23-19(26)10-21(36-22(23)14-2-4-17(29)5-3-14)27(40,28(30,31)32)12-35-24(38)16-8-15-6-7-34-11-18(15)20(37)9-16/h2-11,37,40H,12-13H2,1H3,(H2,33,39)(H,35,38)/t26-,27-/m0/s1. The summed E-state index contributed by atoms with van der Waals surface area (Å²) in [6.45, 7) is -0.318. The van der Waals surface area contributed by atoms with Crippen LogP contribution in [0.4, 0.5) is 17.6 Å². The zero-order valence-corrected chi connectivity index (χ0v) is 21.3. The Balaban J connectivity index is 1.59. The van der Waals surface area contributed by atoms with E-state index in [4.69, 9.17) is 10.5 Å². The quantitative estimate of drug-likeness (QED) is 0.260. The maximum Gasteiger partial charge on any atom is 0.424 e. The second-order valence-corrected chi connectivity index (χ2v) is 9.86. The number of alkyl halides is 3. The summed E-state index contributed by atoms with van der Waals surface area (Å²) < 4.78 is 62.9. The van der Waals surface area contributed by atoms with Crippen molar-refractivity contribution in [2.75, 3.05) is 13.2 Å². The molecule has 0 radical (unpaired) electrons. The van der Waals surface area contributed by atoms with E-state index in [0.29, 0.717) is 10.8 Å². The van der Waals surface area contributed by atoms with E-state index in [2.05, 4.69) is 15.3 Å². The number of carbonyl (C=O) groups is 2. The molecule has 212 valence electrons. The van der Waals surface area contributed by atoms with E-state index in [1.165, 1.54) is 43.6 Å². The predicted octanol–water partition coefficient (Wildman–Crippen LogP) is 3.46. The van der Waals surface area contributed by atoms with E-state index in [9.17, 15) is 37.4 Å². The maximum atomic E-state index is 14.5. The Bertz CT molecular complexity index is 1700. The first-order valence-electron chi connectivity index (χ1n) is 12.1. The number of rotatable bonds is 6. The van der Waals surface area contributed by atoms with Gasteiger partial charge in [0.1, 0.15) is 35.0 Å². The third kappa shape index (κ3) is 4.67. The average Bonchev–Trinajstić information content (AvgIpc) is 3.28. The van der Waals surface area contributed by atoms with Crippen molar-refractivity contribution in [3.8, 4) is 22.8 Å². The monoisotopic (exact) mass is 570 g/mol. The fourth-order valence-corrected chi connectivity index (χ4v) is 4.56. The number of nitrogens with zero attached hydrogens (tertiary/aromatic N) is 2. The van der Waals surface area contributed by atoms with Crippen LogP contribution in [0.3, 0.4) is 0 Å². The highest BCUT2D eigenvalue weighted by molar-refractivity contribution is 6.00. The van der Waals surface area contributed by atoms with Gasteiger partial charge in [-0.25, -0.2) is 9.37 Å². The van der Waals surface area contributed by atoms with Crippen LogP contribution < -0.4 is 15.8 Å². The van der Waals surface area contributed by atoms with Crippen molar-refractivity contribution < 1.29 is 42.1 Å². The summed E-state index contributed by atoms with van der Waals surface area (Å²) >= 11 is 0. The number of ether oxygens (including phenoxy) is 1. The van der Waals surface area contributed by atoms with Gasteiger partial charge in [0.15, 0.2) is 0 Å². The summed E-state index contributed by atoms with van der Waals surface area (Å²) in [5, 5.41) is 24.2. The van der Waals surface area contributed by atoms with Gasteiger partial charge in [-0.2, -0.15) is 13.2 Å². The lowest BCUT2D eigenvalue weighted by Crippen LogP contribution is -2.51. The number of nitrogens with two attached hydrogens (primary N) is 1. The minimum Gasteiger partial charge on any atom is -0.507 e. The van der Waals surface area contributed by atoms with Crippen LogP contribution in [0.2, 0.25) is 0 Å². The number of primary amides is 1. The molecule has 41 heavy (non-hydrogen) atoms. The number of benzene rings is 2. The van der Waals surface area contributed by atoms with Crippen molar-refractivity contribution in [3.63, 3.8) is 0 Å². The van der Waals surface area contributed by atoms with Gasteiger partial charge in [0.2, 0.25) is 11.5 Å². The highest BCUT2D eigenvalue weighted by Crippen LogP contribution is 2.47. The number of fused-ring (bicyclic) bond motifs is 2. The van der Waals surface area contributed by atoms with Crippen molar-refractivity contribution >= 4 is 22.6 Å². The molecule has 1 aliphatic heterocycles. The first-order chi connectivity index (χ1) is 19.2. The molecule has 2 aromatic heterocycles. The van der Waals surface area contributed by atoms with Crippen molar-refractivity contribution in [2.45, 2.75) is 24.1 Å². The Morgan fingerprint density at radius 3 is 2.51 bits per heavy atom. The van der Waals surface area contributed by atoms with Crippen molar-refractivity contribution in [3.05, 3.63) is 83.6 Å². The van der Waals surface area contributed by atoms with Gasteiger partial charge < -0.3 is 26.0 Å². The average molecular weight is 570 g/mol. The molecule has 0 bridgehead atoms. The minimum absolute atomic E-state index is 0.0450.